The third-order valence-corrected chi connectivity index (χ3v) is 3.60. The lowest BCUT2D eigenvalue weighted by Crippen LogP contribution is -2.37. The van der Waals surface area contributed by atoms with Crippen LogP contribution in [0, 0.1) is 5.92 Å². The van der Waals surface area contributed by atoms with Crippen molar-refractivity contribution in [3.8, 4) is 0 Å². The first-order chi connectivity index (χ1) is 8.97. The highest BCUT2D eigenvalue weighted by atomic mass is 19.4. The molecule has 0 radical (unpaired) electrons. The molecule has 1 fully saturated rings. The van der Waals surface area contributed by atoms with Crippen LogP contribution in [0.4, 0.5) is 19.0 Å². The van der Waals surface area contributed by atoms with Crippen LogP contribution in [0.15, 0.2) is 18.3 Å². The molecule has 3 N–H and O–H groups in total. The van der Waals surface area contributed by atoms with Crippen molar-refractivity contribution >= 4 is 5.82 Å². The van der Waals surface area contributed by atoms with Gasteiger partial charge in [-0.05, 0) is 30.9 Å². The normalized spacial score (nSPS) is 24.2. The number of hydrogen-bond acceptors (Lipinski definition) is 3. The predicted octanol–water partition coefficient (Wildman–Crippen LogP) is 3.03. The standard InChI is InChI=1S/C13H18F3N3/c14-13(15,16)10-5-6-12(19-8-10)18-7-9-3-1-2-4-11(9)17/h5-6,8-9,11H,1-4,7,17H2,(H,18,19). The summed E-state index contributed by atoms with van der Waals surface area (Å²) in [5, 5.41) is 3.06. The number of rotatable bonds is 3. The van der Waals surface area contributed by atoms with Crippen LogP contribution < -0.4 is 11.1 Å². The molecule has 1 heterocycles. The molecule has 0 aliphatic heterocycles. The molecular weight excluding hydrogens is 255 g/mol. The van der Waals surface area contributed by atoms with E-state index < -0.39 is 11.7 Å². The lowest BCUT2D eigenvalue weighted by Gasteiger charge is -2.28. The zero-order valence-electron chi connectivity index (χ0n) is 10.6. The van der Waals surface area contributed by atoms with Gasteiger partial charge in [0.2, 0.25) is 0 Å². The van der Waals surface area contributed by atoms with E-state index in [0.29, 0.717) is 18.3 Å². The van der Waals surface area contributed by atoms with Crippen molar-refractivity contribution < 1.29 is 13.2 Å². The zero-order chi connectivity index (χ0) is 13.9. The molecule has 0 spiro atoms. The lowest BCUT2D eigenvalue weighted by atomic mass is 9.85. The van der Waals surface area contributed by atoms with Gasteiger partial charge in [-0.25, -0.2) is 4.98 Å². The number of halogens is 3. The maximum Gasteiger partial charge on any atom is 0.417 e. The van der Waals surface area contributed by atoms with Crippen LogP contribution in [-0.2, 0) is 6.18 Å². The van der Waals surface area contributed by atoms with Gasteiger partial charge in [0.1, 0.15) is 5.82 Å². The van der Waals surface area contributed by atoms with E-state index in [4.69, 9.17) is 5.73 Å². The van der Waals surface area contributed by atoms with Crippen molar-refractivity contribution in [2.45, 2.75) is 37.9 Å². The van der Waals surface area contributed by atoms with E-state index in [1.165, 1.54) is 12.5 Å². The first kappa shape index (κ1) is 14.1. The molecular formula is C13H18F3N3. The summed E-state index contributed by atoms with van der Waals surface area (Å²) >= 11 is 0. The van der Waals surface area contributed by atoms with E-state index in [1.54, 1.807) is 0 Å². The Morgan fingerprint density at radius 1 is 1.26 bits per heavy atom. The Hall–Kier alpha value is -1.30. The third kappa shape index (κ3) is 3.83. The van der Waals surface area contributed by atoms with Gasteiger partial charge in [0.15, 0.2) is 0 Å². The monoisotopic (exact) mass is 273 g/mol. The molecule has 6 heteroatoms. The highest BCUT2D eigenvalue weighted by molar-refractivity contribution is 5.36. The number of alkyl halides is 3. The average Bonchev–Trinajstić information content (AvgIpc) is 2.37. The molecule has 1 aliphatic rings. The first-order valence-electron chi connectivity index (χ1n) is 6.49. The summed E-state index contributed by atoms with van der Waals surface area (Å²) in [7, 11) is 0. The number of aromatic nitrogens is 1. The topological polar surface area (TPSA) is 50.9 Å². The van der Waals surface area contributed by atoms with Crippen molar-refractivity contribution in [1.29, 1.82) is 0 Å². The third-order valence-electron chi connectivity index (χ3n) is 3.60. The summed E-state index contributed by atoms with van der Waals surface area (Å²) in [5.74, 6) is 0.837. The second-order valence-corrected chi connectivity index (χ2v) is 5.02. The number of pyridine rings is 1. The number of nitrogens with zero attached hydrogens (tertiary/aromatic N) is 1. The predicted molar refractivity (Wildman–Crippen MR) is 67.7 cm³/mol. The molecule has 106 valence electrons. The van der Waals surface area contributed by atoms with Crippen LogP contribution in [0.1, 0.15) is 31.2 Å². The molecule has 1 aromatic rings. The fourth-order valence-electron chi connectivity index (χ4n) is 2.39. The van der Waals surface area contributed by atoms with Crippen LogP contribution >= 0.6 is 0 Å². The van der Waals surface area contributed by atoms with Crippen molar-refractivity contribution in [3.63, 3.8) is 0 Å². The van der Waals surface area contributed by atoms with Crippen molar-refractivity contribution in [1.82, 2.24) is 4.98 Å². The molecule has 3 nitrogen and oxygen atoms in total. The maximum absolute atomic E-state index is 12.4. The molecule has 2 atom stereocenters. The van der Waals surface area contributed by atoms with Crippen LogP contribution in [0.3, 0.4) is 0 Å². The molecule has 1 saturated carbocycles. The van der Waals surface area contributed by atoms with E-state index in [0.717, 1.165) is 31.5 Å². The van der Waals surface area contributed by atoms with Gasteiger partial charge < -0.3 is 11.1 Å². The Balaban J connectivity index is 1.89. The van der Waals surface area contributed by atoms with E-state index >= 15 is 0 Å². The number of anilines is 1. The number of nitrogens with two attached hydrogens (primary N) is 1. The average molecular weight is 273 g/mol. The summed E-state index contributed by atoms with van der Waals surface area (Å²) in [6.45, 7) is 0.666. The second-order valence-electron chi connectivity index (χ2n) is 5.02. The molecule has 0 saturated heterocycles. The SMILES string of the molecule is NC1CCCCC1CNc1ccc(C(F)(F)F)cn1. The van der Waals surface area contributed by atoms with Crippen molar-refractivity contribution in [2.24, 2.45) is 11.7 Å². The minimum absolute atomic E-state index is 0.177. The Morgan fingerprint density at radius 3 is 2.58 bits per heavy atom. The number of hydrogen-bond donors (Lipinski definition) is 2. The van der Waals surface area contributed by atoms with E-state index in [9.17, 15) is 13.2 Å². The summed E-state index contributed by atoms with van der Waals surface area (Å²) < 4.78 is 37.1. The first-order valence-corrected chi connectivity index (χ1v) is 6.49. The van der Waals surface area contributed by atoms with Gasteiger partial charge in [-0.2, -0.15) is 13.2 Å². The van der Waals surface area contributed by atoms with Gasteiger partial charge in [0.05, 0.1) is 5.56 Å². The zero-order valence-corrected chi connectivity index (χ0v) is 10.6. The number of nitrogens with one attached hydrogen (secondary N) is 1. The molecule has 0 amide bonds. The Labute approximate surface area is 110 Å². The summed E-state index contributed by atoms with van der Waals surface area (Å²) in [6.07, 6.45) is 0.929. The smallest absolute Gasteiger partial charge is 0.370 e. The minimum atomic E-state index is -4.34. The van der Waals surface area contributed by atoms with Crippen LogP contribution in [0.25, 0.3) is 0 Å². The van der Waals surface area contributed by atoms with Crippen molar-refractivity contribution in [2.75, 3.05) is 11.9 Å². The van der Waals surface area contributed by atoms with Gasteiger partial charge in [-0.15, -0.1) is 0 Å². The quantitative estimate of drug-likeness (QED) is 0.890. The van der Waals surface area contributed by atoms with Gasteiger partial charge in [0.25, 0.3) is 0 Å². The van der Waals surface area contributed by atoms with E-state index in [2.05, 4.69) is 10.3 Å². The fraction of sp³-hybridized carbons (Fsp3) is 0.615. The molecule has 0 aromatic carbocycles. The molecule has 19 heavy (non-hydrogen) atoms. The van der Waals surface area contributed by atoms with E-state index in [1.807, 2.05) is 0 Å². The Bertz CT molecular complexity index is 403. The molecule has 2 unspecified atom stereocenters. The summed E-state index contributed by atoms with van der Waals surface area (Å²) in [5.41, 5.74) is 5.29. The molecule has 0 bridgehead atoms. The molecule has 1 aliphatic carbocycles. The van der Waals surface area contributed by atoms with Crippen molar-refractivity contribution in [3.05, 3.63) is 23.9 Å². The summed E-state index contributed by atoms with van der Waals surface area (Å²) in [4.78, 5) is 3.78. The second kappa shape index (κ2) is 5.77. The van der Waals surface area contributed by atoms with Gasteiger partial charge in [-0.1, -0.05) is 12.8 Å². The largest absolute Gasteiger partial charge is 0.417 e. The van der Waals surface area contributed by atoms with Crippen LogP contribution in [0.2, 0.25) is 0 Å². The van der Waals surface area contributed by atoms with Crippen LogP contribution in [0.5, 0.6) is 0 Å². The molecule has 1 aromatic heterocycles. The van der Waals surface area contributed by atoms with Crippen LogP contribution in [-0.4, -0.2) is 17.6 Å². The minimum Gasteiger partial charge on any atom is -0.370 e. The van der Waals surface area contributed by atoms with Gasteiger partial charge >= 0.3 is 6.18 Å². The van der Waals surface area contributed by atoms with Gasteiger partial charge in [-0.3, -0.25) is 0 Å². The lowest BCUT2D eigenvalue weighted by molar-refractivity contribution is -0.137. The highest BCUT2D eigenvalue weighted by Crippen LogP contribution is 2.29. The highest BCUT2D eigenvalue weighted by Gasteiger charge is 2.30. The Morgan fingerprint density at radius 2 is 2.00 bits per heavy atom. The van der Waals surface area contributed by atoms with E-state index in [-0.39, 0.29) is 6.04 Å². The fourth-order valence-corrected chi connectivity index (χ4v) is 2.39. The Kier molecular flexibility index (Phi) is 4.29. The van der Waals surface area contributed by atoms with Gasteiger partial charge in [0, 0.05) is 18.8 Å². The molecule has 2 rings (SSSR count). The summed E-state index contributed by atoms with van der Waals surface area (Å²) in [6, 6.07) is 2.57. The maximum atomic E-state index is 12.4.